The summed E-state index contributed by atoms with van der Waals surface area (Å²) >= 11 is 0. The van der Waals surface area contributed by atoms with Crippen LogP contribution in [-0.2, 0) is 14.8 Å². The van der Waals surface area contributed by atoms with Crippen LogP contribution in [0.5, 0.6) is 0 Å². The van der Waals surface area contributed by atoms with E-state index in [0.717, 1.165) is 50.8 Å². The molecule has 0 amide bonds. The van der Waals surface area contributed by atoms with E-state index in [1.807, 2.05) is 0 Å². The predicted molar refractivity (Wildman–Crippen MR) is 80.5 cm³/mol. The molecular weight excluding hydrogens is 326 g/mol. The normalized spacial score (nSPS) is 24.2. The highest BCUT2D eigenvalue weighted by molar-refractivity contribution is 7.89. The molecule has 1 N–H and O–H groups in total. The number of hydrogen-bond acceptors (Lipinski definition) is 4. The van der Waals surface area contributed by atoms with Crippen LogP contribution in [0.1, 0.15) is 19.3 Å². The molecule has 3 rings (SSSR count). The van der Waals surface area contributed by atoms with Crippen molar-refractivity contribution in [2.75, 3.05) is 26.3 Å². The molecule has 0 aromatic heterocycles. The molecule has 0 saturated carbocycles. The van der Waals surface area contributed by atoms with Gasteiger partial charge >= 0.3 is 0 Å². The van der Waals surface area contributed by atoms with Crippen molar-refractivity contribution in [1.29, 1.82) is 0 Å². The maximum absolute atomic E-state index is 13.7. The first-order valence-electron chi connectivity index (χ1n) is 7.75. The van der Waals surface area contributed by atoms with E-state index in [1.165, 1.54) is 0 Å². The lowest BCUT2D eigenvalue weighted by molar-refractivity contribution is 0.0418. The second-order valence-electron chi connectivity index (χ2n) is 6.00. The second kappa shape index (κ2) is 6.80. The van der Waals surface area contributed by atoms with E-state index < -0.39 is 26.6 Å². The number of ether oxygens (including phenoxy) is 1. The fourth-order valence-electron chi connectivity index (χ4n) is 3.28. The van der Waals surface area contributed by atoms with E-state index >= 15 is 0 Å². The number of benzene rings is 1. The predicted octanol–water partition coefficient (Wildman–Crippen LogP) is 1.50. The van der Waals surface area contributed by atoms with Gasteiger partial charge in [0, 0.05) is 38.4 Å². The average Bonchev–Trinajstić information content (AvgIpc) is 2.95. The van der Waals surface area contributed by atoms with Crippen molar-refractivity contribution in [3.05, 3.63) is 29.8 Å². The third-order valence-electron chi connectivity index (χ3n) is 4.44. The molecule has 1 aromatic carbocycles. The van der Waals surface area contributed by atoms with Gasteiger partial charge in [-0.25, -0.2) is 21.9 Å². The maximum atomic E-state index is 13.7. The minimum atomic E-state index is -4.21. The number of halogens is 2. The maximum Gasteiger partial charge on any atom is 0.246 e. The zero-order valence-corrected chi connectivity index (χ0v) is 13.5. The van der Waals surface area contributed by atoms with Gasteiger partial charge in [0.15, 0.2) is 4.90 Å². The number of nitrogens with zero attached hydrogens (tertiary/aromatic N) is 1. The van der Waals surface area contributed by atoms with Gasteiger partial charge in [0.2, 0.25) is 10.0 Å². The van der Waals surface area contributed by atoms with Crippen molar-refractivity contribution in [3.63, 3.8) is 0 Å². The first kappa shape index (κ1) is 16.8. The molecule has 0 bridgehead atoms. The number of rotatable bonds is 4. The van der Waals surface area contributed by atoms with Crippen LogP contribution >= 0.6 is 0 Å². The molecule has 2 aliphatic heterocycles. The van der Waals surface area contributed by atoms with E-state index in [0.29, 0.717) is 19.0 Å². The van der Waals surface area contributed by atoms with Crippen LogP contribution in [0.3, 0.4) is 0 Å². The van der Waals surface area contributed by atoms with Gasteiger partial charge in [-0.15, -0.1) is 0 Å². The third-order valence-corrected chi connectivity index (χ3v) is 6.01. The van der Waals surface area contributed by atoms with Crippen LogP contribution in [0.2, 0.25) is 0 Å². The summed E-state index contributed by atoms with van der Waals surface area (Å²) in [6.45, 7) is 2.77. The Bertz CT molecular complexity index is 642. The first-order chi connectivity index (χ1) is 11.0. The van der Waals surface area contributed by atoms with E-state index in [-0.39, 0.29) is 6.04 Å². The highest BCUT2D eigenvalue weighted by Gasteiger charge is 2.33. The molecule has 2 fully saturated rings. The largest absolute Gasteiger partial charge is 0.381 e. The van der Waals surface area contributed by atoms with Crippen LogP contribution in [0.4, 0.5) is 8.78 Å². The Morgan fingerprint density at radius 3 is 2.43 bits per heavy atom. The molecule has 1 unspecified atom stereocenters. The molecule has 2 aliphatic rings. The smallest absolute Gasteiger partial charge is 0.246 e. The summed E-state index contributed by atoms with van der Waals surface area (Å²) in [5, 5.41) is 0. The summed E-state index contributed by atoms with van der Waals surface area (Å²) in [5.74, 6) is -2.14. The molecule has 1 aromatic rings. The van der Waals surface area contributed by atoms with Crippen LogP contribution in [0, 0.1) is 11.6 Å². The summed E-state index contributed by atoms with van der Waals surface area (Å²) in [5.41, 5.74) is 0. The number of likely N-dealkylation sites (tertiary alicyclic amines) is 1. The summed E-state index contributed by atoms with van der Waals surface area (Å²) < 4.78 is 59.7. The molecule has 128 valence electrons. The molecular formula is C15H20F2N2O3S. The zero-order valence-electron chi connectivity index (χ0n) is 12.7. The van der Waals surface area contributed by atoms with Gasteiger partial charge in [0.1, 0.15) is 11.6 Å². The van der Waals surface area contributed by atoms with Gasteiger partial charge in [0.05, 0.1) is 0 Å². The van der Waals surface area contributed by atoms with Crippen molar-refractivity contribution in [2.45, 2.75) is 36.2 Å². The van der Waals surface area contributed by atoms with Gasteiger partial charge in [0.25, 0.3) is 0 Å². The molecule has 1 atom stereocenters. The summed E-state index contributed by atoms with van der Waals surface area (Å²) in [7, 11) is -4.21. The van der Waals surface area contributed by atoms with Gasteiger partial charge in [-0.2, -0.15) is 0 Å². The summed E-state index contributed by atoms with van der Waals surface area (Å²) in [4.78, 5) is 1.33. The van der Waals surface area contributed by atoms with E-state index in [4.69, 9.17) is 4.74 Å². The van der Waals surface area contributed by atoms with Gasteiger partial charge in [-0.1, -0.05) is 6.07 Å². The Morgan fingerprint density at radius 2 is 1.78 bits per heavy atom. The standard InChI is InChI=1S/C15H20F2N2O3S/c16-13-2-1-3-14(17)15(13)23(20,21)18-11-4-7-19(10-11)12-5-8-22-9-6-12/h1-3,11-12,18H,4-10H2. The monoisotopic (exact) mass is 346 g/mol. The van der Waals surface area contributed by atoms with Crippen molar-refractivity contribution in [2.24, 2.45) is 0 Å². The lowest BCUT2D eigenvalue weighted by Crippen LogP contribution is -2.42. The van der Waals surface area contributed by atoms with E-state index in [1.54, 1.807) is 0 Å². The van der Waals surface area contributed by atoms with Crippen molar-refractivity contribution in [3.8, 4) is 0 Å². The topological polar surface area (TPSA) is 58.6 Å². The Labute approximate surface area is 134 Å². The van der Waals surface area contributed by atoms with Gasteiger partial charge < -0.3 is 4.74 Å². The van der Waals surface area contributed by atoms with Crippen LogP contribution in [0.15, 0.2) is 23.1 Å². The highest BCUT2D eigenvalue weighted by atomic mass is 32.2. The number of nitrogens with one attached hydrogen (secondary N) is 1. The average molecular weight is 346 g/mol. The Balaban J connectivity index is 1.67. The third kappa shape index (κ3) is 3.71. The number of hydrogen-bond donors (Lipinski definition) is 1. The minimum Gasteiger partial charge on any atom is -0.381 e. The van der Waals surface area contributed by atoms with E-state index in [9.17, 15) is 17.2 Å². The highest BCUT2D eigenvalue weighted by Crippen LogP contribution is 2.23. The second-order valence-corrected chi connectivity index (χ2v) is 7.65. The Hall–Kier alpha value is -1.09. The van der Waals surface area contributed by atoms with Crippen molar-refractivity contribution >= 4 is 10.0 Å². The fraction of sp³-hybridized carbons (Fsp3) is 0.600. The molecule has 0 radical (unpaired) electrons. The molecule has 23 heavy (non-hydrogen) atoms. The number of sulfonamides is 1. The molecule has 2 heterocycles. The van der Waals surface area contributed by atoms with Gasteiger partial charge in [-0.05, 0) is 31.4 Å². The lowest BCUT2D eigenvalue weighted by Gasteiger charge is -2.31. The molecule has 8 heteroatoms. The van der Waals surface area contributed by atoms with Crippen LogP contribution < -0.4 is 4.72 Å². The quantitative estimate of drug-likeness (QED) is 0.898. The molecule has 5 nitrogen and oxygen atoms in total. The summed E-state index contributed by atoms with van der Waals surface area (Å²) in [6, 6.07) is 3.10. The zero-order chi connectivity index (χ0) is 16.4. The SMILES string of the molecule is O=S(=O)(NC1CCN(C2CCOCC2)C1)c1c(F)cccc1F. The van der Waals surface area contributed by atoms with Crippen LogP contribution in [-0.4, -0.2) is 51.7 Å². The first-order valence-corrected chi connectivity index (χ1v) is 9.24. The fourth-order valence-corrected chi connectivity index (χ4v) is 4.68. The van der Waals surface area contributed by atoms with Gasteiger partial charge in [-0.3, -0.25) is 4.90 Å². The Morgan fingerprint density at radius 1 is 1.13 bits per heavy atom. The summed E-state index contributed by atoms with van der Waals surface area (Å²) in [6.07, 6.45) is 2.50. The van der Waals surface area contributed by atoms with Crippen molar-refractivity contribution < 1.29 is 21.9 Å². The molecule has 0 spiro atoms. The van der Waals surface area contributed by atoms with Crippen LogP contribution in [0.25, 0.3) is 0 Å². The van der Waals surface area contributed by atoms with Crippen molar-refractivity contribution in [1.82, 2.24) is 9.62 Å². The Kier molecular flexibility index (Phi) is 4.96. The van der Waals surface area contributed by atoms with E-state index in [2.05, 4.69) is 9.62 Å². The molecule has 0 aliphatic carbocycles. The molecule has 2 saturated heterocycles. The minimum absolute atomic E-state index is 0.332. The lowest BCUT2D eigenvalue weighted by atomic mass is 10.1.